The van der Waals surface area contributed by atoms with Crippen molar-refractivity contribution in [2.75, 3.05) is 6.61 Å². The number of allylic oxidation sites excluding steroid dienone is 1. The molecule has 0 saturated heterocycles. The quantitative estimate of drug-likeness (QED) is 0.122. The average Bonchev–Trinajstić information content (AvgIpc) is 3.37. The fourth-order valence-electron chi connectivity index (χ4n) is 5.17. The van der Waals surface area contributed by atoms with Crippen molar-refractivity contribution in [1.82, 2.24) is 14.9 Å². The Balaban J connectivity index is 1.19. The fraction of sp³-hybridized carbons (Fsp3) is 0.222. The number of nitrogens with zero attached hydrogens (tertiary/aromatic N) is 2. The highest BCUT2D eigenvalue weighted by Crippen LogP contribution is 2.23. The van der Waals surface area contributed by atoms with Crippen molar-refractivity contribution in [2.45, 2.75) is 45.2 Å². The predicted octanol–water partition coefficient (Wildman–Crippen LogP) is 7.71. The van der Waals surface area contributed by atoms with Crippen molar-refractivity contribution in [3.63, 3.8) is 0 Å². The van der Waals surface area contributed by atoms with Crippen LogP contribution in [0.25, 0.3) is 22.2 Å². The van der Waals surface area contributed by atoms with Crippen LogP contribution in [0.4, 0.5) is 0 Å². The van der Waals surface area contributed by atoms with Gasteiger partial charge < -0.3 is 14.6 Å². The van der Waals surface area contributed by atoms with E-state index in [0.717, 1.165) is 65.1 Å². The highest BCUT2D eigenvalue weighted by Gasteiger charge is 2.18. The van der Waals surface area contributed by atoms with E-state index in [9.17, 15) is 4.79 Å². The summed E-state index contributed by atoms with van der Waals surface area (Å²) in [6.45, 7) is 7.30. The summed E-state index contributed by atoms with van der Waals surface area (Å²) in [5.41, 5.74) is 6.47. The number of benzene rings is 4. The number of imidazole rings is 1. The lowest BCUT2D eigenvalue weighted by molar-refractivity contribution is -0.121. The number of nitrogens with one attached hydrogen (secondary N) is 1. The van der Waals surface area contributed by atoms with Gasteiger partial charge in [-0.05, 0) is 66.6 Å². The summed E-state index contributed by atoms with van der Waals surface area (Å²) in [5, 5.41) is 3.18. The SMILES string of the molecule is C=CCc1ccccc1OCCCCn1c(C(C)NC(=O)Cc2ccc(-c3ccccc3)cc2)nc2ccccc21. The second-order valence-electron chi connectivity index (χ2n) is 10.3. The zero-order chi connectivity index (χ0) is 28.4. The Morgan fingerprint density at radius 1 is 0.902 bits per heavy atom. The van der Waals surface area contributed by atoms with Gasteiger partial charge in [-0.2, -0.15) is 0 Å². The topological polar surface area (TPSA) is 56.1 Å². The highest BCUT2D eigenvalue weighted by molar-refractivity contribution is 5.80. The van der Waals surface area contributed by atoms with Crippen LogP contribution in [-0.4, -0.2) is 22.1 Å². The molecule has 0 radical (unpaired) electrons. The second-order valence-corrected chi connectivity index (χ2v) is 10.3. The van der Waals surface area contributed by atoms with Crippen LogP contribution in [-0.2, 0) is 24.2 Å². The van der Waals surface area contributed by atoms with Crippen molar-refractivity contribution >= 4 is 16.9 Å². The second kappa shape index (κ2) is 13.6. The smallest absolute Gasteiger partial charge is 0.224 e. The number of ether oxygens (including phenoxy) is 1. The molecule has 0 bridgehead atoms. The molecule has 0 aliphatic heterocycles. The first kappa shape index (κ1) is 27.9. The van der Waals surface area contributed by atoms with E-state index < -0.39 is 0 Å². The molecule has 1 aromatic heterocycles. The van der Waals surface area contributed by atoms with Gasteiger partial charge in [0.1, 0.15) is 11.6 Å². The van der Waals surface area contributed by atoms with E-state index in [1.165, 1.54) is 5.56 Å². The summed E-state index contributed by atoms with van der Waals surface area (Å²) in [6.07, 6.45) is 4.86. The molecule has 1 unspecified atom stereocenters. The van der Waals surface area contributed by atoms with Gasteiger partial charge in [-0.25, -0.2) is 4.98 Å². The Labute approximate surface area is 242 Å². The molecular weight excluding hydrogens is 506 g/mol. The van der Waals surface area contributed by atoms with Crippen LogP contribution in [0.3, 0.4) is 0 Å². The van der Waals surface area contributed by atoms with Gasteiger partial charge in [-0.15, -0.1) is 6.58 Å². The third-order valence-corrected chi connectivity index (χ3v) is 7.25. The molecule has 4 aromatic carbocycles. The maximum Gasteiger partial charge on any atom is 0.224 e. The zero-order valence-corrected chi connectivity index (χ0v) is 23.6. The number of para-hydroxylation sites is 3. The molecule has 5 rings (SSSR count). The summed E-state index contributed by atoms with van der Waals surface area (Å²) in [4.78, 5) is 17.9. The molecule has 0 aliphatic carbocycles. The van der Waals surface area contributed by atoms with Crippen LogP contribution in [0.1, 0.15) is 42.8 Å². The standard InChI is InChI=1S/C36H37N3O2/c1-3-13-31-16-7-10-19-34(31)41-25-12-11-24-39-33-18-9-8-17-32(33)38-36(39)27(2)37-35(40)26-28-20-22-30(23-21-28)29-14-5-4-6-15-29/h3-10,14-23,27H,1,11-13,24-26H2,2H3,(H,37,40). The van der Waals surface area contributed by atoms with Gasteiger partial charge in [-0.1, -0.05) is 91.0 Å². The van der Waals surface area contributed by atoms with Gasteiger partial charge in [0.05, 0.1) is 30.1 Å². The Bertz CT molecular complexity index is 1590. The van der Waals surface area contributed by atoms with Crippen molar-refractivity contribution in [3.8, 4) is 16.9 Å². The number of hydrogen-bond acceptors (Lipinski definition) is 3. The summed E-state index contributed by atoms with van der Waals surface area (Å²) >= 11 is 0. The third kappa shape index (κ3) is 7.12. The number of aryl methyl sites for hydroxylation is 1. The minimum atomic E-state index is -0.222. The summed E-state index contributed by atoms with van der Waals surface area (Å²) in [6, 6.07) is 34.5. The number of carbonyl (C=O) groups is 1. The van der Waals surface area contributed by atoms with E-state index in [4.69, 9.17) is 9.72 Å². The first-order chi connectivity index (χ1) is 20.1. The van der Waals surface area contributed by atoms with Gasteiger partial charge >= 0.3 is 0 Å². The molecule has 0 aliphatic rings. The average molecular weight is 544 g/mol. The lowest BCUT2D eigenvalue weighted by atomic mass is 10.0. The van der Waals surface area contributed by atoms with E-state index >= 15 is 0 Å². The van der Waals surface area contributed by atoms with Crippen LogP contribution in [0.2, 0.25) is 0 Å². The minimum absolute atomic E-state index is 0.0184. The fourth-order valence-corrected chi connectivity index (χ4v) is 5.17. The number of amides is 1. The number of rotatable bonds is 13. The van der Waals surface area contributed by atoms with Gasteiger partial charge in [0.15, 0.2) is 0 Å². The van der Waals surface area contributed by atoms with Gasteiger partial charge in [0.25, 0.3) is 0 Å². The Kier molecular flexibility index (Phi) is 9.27. The van der Waals surface area contributed by atoms with E-state index in [1.54, 1.807) is 0 Å². The van der Waals surface area contributed by atoms with E-state index in [-0.39, 0.29) is 11.9 Å². The Morgan fingerprint density at radius 3 is 2.41 bits per heavy atom. The molecule has 5 heteroatoms. The normalized spacial score (nSPS) is 11.7. The first-order valence-electron chi connectivity index (χ1n) is 14.3. The van der Waals surface area contributed by atoms with Crippen LogP contribution in [0.5, 0.6) is 5.75 Å². The molecule has 0 saturated carbocycles. The number of unbranched alkanes of at least 4 members (excludes halogenated alkanes) is 1. The van der Waals surface area contributed by atoms with Crippen molar-refractivity contribution in [2.24, 2.45) is 0 Å². The molecule has 5 nitrogen and oxygen atoms in total. The first-order valence-corrected chi connectivity index (χ1v) is 14.3. The lowest BCUT2D eigenvalue weighted by Gasteiger charge is -2.17. The number of hydrogen-bond donors (Lipinski definition) is 1. The molecule has 1 N–H and O–H groups in total. The summed E-state index contributed by atoms with van der Waals surface area (Å²) < 4.78 is 8.32. The molecule has 1 atom stereocenters. The van der Waals surface area contributed by atoms with Crippen LogP contribution in [0, 0.1) is 0 Å². The third-order valence-electron chi connectivity index (χ3n) is 7.25. The molecule has 0 spiro atoms. The Morgan fingerprint density at radius 2 is 1.61 bits per heavy atom. The Hall–Kier alpha value is -4.64. The van der Waals surface area contributed by atoms with E-state index in [0.29, 0.717) is 13.0 Å². The lowest BCUT2D eigenvalue weighted by Crippen LogP contribution is -2.30. The number of aromatic nitrogens is 2. The van der Waals surface area contributed by atoms with E-state index in [2.05, 4.69) is 52.9 Å². The molecule has 41 heavy (non-hydrogen) atoms. The molecule has 5 aromatic rings. The van der Waals surface area contributed by atoms with Gasteiger partial charge in [0, 0.05) is 6.54 Å². The minimum Gasteiger partial charge on any atom is -0.493 e. The largest absolute Gasteiger partial charge is 0.493 e. The van der Waals surface area contributed by atoms with Crippen molar-refractivity contribution in [3.05, 3.63) is 133 Å². The van der Waals surface area contributed by atoms with Gasteiger partial charge in [0.2, 0.25) is 5.91 Å². The summed E-state index contributed by atoms with van der Waals surface area (Å²) in [7, 11) is 0. The monoisotopic (exact) mass is 543 g/mol. The summed E-state index contributed by atoms with van der Waals surface area (Å²) in [5.74, 6) is 1.78. The van der Waals surface area contributed by atoms with Crippen LogP contribution < -0.4 is 10.1 Å². The van der Waals surface area contributed by atoms with Crippen LogP contribution >= 0.6 is 0 Å². The molecular formula is C36H37N3O2. The van der Waals surface area contributed by atoms with Crippen LogP contribution in [0.15, 0.2) is 116 Å². The maximum atomic E-state index is 13.0. The van der Waals surface area contributed by atoms with E-state index in [1.807, 2.05) is 79.7 Å². The predicted molar refractivity (Wildman–Crippen MR) is 167 cm³/mol. The van der Waals surface area contributed by atoms with Gasteiger partial charge in [-0.3, -0.25) is 4.79 Å². The van der Waals surface area contributed by atoms with Crippen molar-refractivity contribution < 1.29 is 9.53 Å². The molecule has 1 heterocycles. The number of carbonyl (C=O) groups excluding carboxylic acids is 1. The number of fused-ring (bicyclic) bond motifs is 1. The maximum absolute atomic E-state index is 13.0. The molecule has 208 valence electrons. The van der Waals surface area contributed by atoms with Crippen molar-refractivity contribution in [1.29, 1.82) is 0 Å². The highest BCUT2D eigenvalue weighted by atomic mass is 16.5. The molecule has 0 fully saturated rings. The molecule has 1 amide bonds. The zero-order valence-electron chi connectivity index (χ0n) is 23.6.